The number of hydrogen-bond donors (Lipinski definition) is 1. The van der Waals surface area contributed by atoms with E-state index in [0.29, 0.717) is 11.4 Å². The van der Waals surface area contributed by atoms with Crippen molar-refractivity contribution in [3.8, 4) is 0 Å². The predicted molar refractivity (Wildman–Crippen MR) is 128 cm³/mol. The Morgan fingerprint density at radius 3 is 1.37 bits per heavy atom. The highest BCUT2D eigenvalue weighted by molar-refractivity contribution is 6.12. The van der Waals surface area contributed by atoms with Crippen molar-refractivity contribution in [1.29, 1.82) is 0 Å². The maximum atomic E-state index is 13.0. The Morgan fingerprint density at radius 1 is 0.629 bits per heavy atom. The number of anilines is 4. The molecule has 0 radical (unpaired) electrons. The summed E-state index contributed by atoms with van der Waals surface area (Å²) in [7, 11) is 3.51. The largest absolute Gasteiger partial charge is 0.465 e. The summed E-state index contributed by atoms with van der Waals surface area (Å²) in [4.78, 5) is 53.1. The van der Waals surface area contributed by atoms with E-state index in [4.69, 9.17) is 19.9 Å². The molecule has 0 aliphatic heterocycles. The molecular weight excluding hydrogens is 454 g/mol. The molecule has 3 rings (SSSR count). The smallest absolute Gasteiger partial charge is 0.418 e. The van der Waals surface area contributed by atoms with Crippen molar-refractivity contribution in [3.63, 3.8) is 0 Å². The van der Waals surface area contributed by atoms with Crippen LogP contribution in [0.3, 0.4) is 0 Å². The summed E-state index contributed by atoms with van der Waals surface area (Å²) in [5, 5.41) is 0. The molecule has 0 saturated carbocycles. The summed E-state index contributed by atoms with van der Waals surface area (Å²) < 4.78 is 14.8. The van der Waals surface area contributed by atoms with Gasteiger partial charge in [-0.25, -0.2) is 24.2 Å². The number of esters is 1. The molecule has 10 nitrogen and oxygen atoms in total. The second-order valence-electron chi connectivity index (χ2n) is 7.02. The third-order valence-electron chi connectivity index (χ3n) is 5.01. The van der Waals surface area contributed by atoms with Gasteiger partial charge in [0.1, 0.15) is 0 Å². The van der Waals surface area contributed by atoms with E-state index in [0.717, 1.165) is 16.9 Å². The first-order chi connectivity index (χ1) is 16.8. The first-order valence-corrected chi connectivity index (χ1v) is 10.3. The van der Waals surface area contributed by atoms with E-state index in [1.54, 1.807) is 60.7 Å². The Balaban J connectivity index is 2.46. The van der Waals surface area contributed by atoms with Gasteiger partial charge >= 0.3 is 18.2 Å². The molecule has 0 fully saturated rings. The Kier molecular flexibility index (Phi) is 7.67. The number of carbonyl (C=O) groups excluding carboxylic acids is 4. The minimum Gasteiger partial charge on any atom is -0.465 e. The van der Waals surface area contributed by atoms with Crippen molar-refractivity contribution in [2.45, 2.75) is 0 Å². The van der Waals surface area contributed by atoms with Crippen LogP contribution in [-0.4, -0.2) is 45.4 Å². The Morgan fingerprint density at radius 2 is 1.03 bits per heavy atom. The number of rotatable bonds is 6. The lowest BCUT2D eigenvalue weighted by atomic mass is 10.0. The molecule has 0 aliphatic rings. The molecule has 35 heavy (non-hydrogen) atoms. The molecule has 0 aliphatic carbocycles. The van der Waals surface area contributed by atoms with Crippen LogP contribution in [0.25, 0.3) is 0 Å². The van der Waals surface area contributed by atoms with Gasteiger partial charge in [0, 0.05) is 0 Å². The summed E-state index contributed by atoms with van der Waals surface area (Å²) in [6.45, 7) is 0. The second kappa shape index (κ2) is 10.8. The van der Waals surface area contributed by atoms with Gasteiger partial charge in [-0.2, -0.15) is 0 Å². The fraction of sp³-hybridized carbons (Fsp3) is 0.120. The van der Waals surface area contributed by atoms with Crippen LogP contribution in [0.1, 0.15) is 20.7 Å². The molecule has 0 heterocycles. The zero-order valence-corrected chi connectivity index (χ0v) is 19.3. The van der Waals surface area contributed by atoms with Crippen molar-refractivity contribution >= 4 is 46.8 Å². The van der Waals surface area contributed by atoms with Crippen molar-refractivity contribution in [2.75, 3.05) is 31.1 Å². The zero-order chi connectivity index (χ0) is 25.5. The standard InChI is InChI=1S/C25H23N3O7/c1-33-23(30)19-15-21(28(25(32)35-3)17-12-8-5-9-13-17)20(14-18(19)22(26)29)27(24(31)34-2)16-10-6-4-7-11-16/h4-15H,1-3H3,(H2,26,29). The van der Waals surface area contributed by atoms with Crippen LogP contribution >= 0.6 is 0 Å². The highest BCUT2D eigenvalue weighted by Gasteiger charge is 2.32. The van der Waals surface area contributed by atoms with E-state index in [-0.39, 0.29) is 22.5 Å². The fourth-order valence-electron chi connectivity index (χ4n) is 3.44. The van der Waals surface area contributed by atoms with Gasteiger partial charge in [-0.15, -0.1) is 0 Å². The van der Waals surface area contributed by atoms with Gasteiger partial charge in [-0.3, -0.25) is 4.79 Å². The lowest BCUT2D eigenvalue weighted by Crippen LogP contribution is -2.32. The Hall–Kier alpha value is -4.86. The number of ether oxygens (including phenoxy) is 3. The van der Waals surface area contributed by atoms with E-state index < -0.39 is 24.1 Å². The number of para-hydroxylation sites is 2. The number of nitrogens with two attached hydrogens (primary N) is 1. The molecule has 2 N–H and O–H groups in total. The average Bonchev–Trinajstić information content (AvgIpc) is 2.89. The SMILES string of the molecule is COC(=O)c1cc(N(C(=O)OC)c2ccccc2)c(N(C(=O)OC)c2ccccc2)cc1C(N)=O. The highest BCUT2D eigenvalue weighted by atomic mass is 16.5. The van der Waals surface area contributed by atoms with Gasteiger partial charge in [0.2, 0.25) is 5.91 Å². The van der Waals surface area contributed by atoms with Crippen LogP contribution in [-0.2, 0) is 14.2 Å². The number of hydrogen-bond acceptors (Lipinski definition) is 7. The van der Waals surface area contributed by atoms with Crippen molar-refractivity contribution < 1.29 is 33.4 Å². The van der Waals surface area contributed by atoms with Crippen molar-refractivity contribution in [3.05, 3.63) is 83.9 Å². The van der Waals surface area contributed by atoms with E-state index in [1.165, 1.54) is 26.4 Å². The minimum absolute atomic E-state index is 0.0266. The third-order valence-corrected chi connectivity index (χ3v) is 5.01. The molecule has 3 aromatic rings. The number of amides is 3. The topological polar surface area (TPSA) is 128 Å². The van der Waals surface area contributed by atoms with E-state index in [1.807, 2.05) is 0 Å². The molecule has 3 aromatic carbocycles. The Labute approximate surface area is 201 Å². The van der Waals surface area contributed by atoms with E-state index in [2.05, 4.69) is 0 Å². The number of benzene rings is 3. The van der Waals surface area contributed by atoms with Gasteiger partial charge in [-0.1, -0.05) is 36.4 Å². The lowest BCUT2D eigenvalue weighted by Gasteiger charge is -2.30. The van der Waals surface area contributed by atoms with Crippen molar-refractivity contribution in [1.82, 2.24) is 0 Å². The predicted octanol–water partition coefficient (Wildman–Crippen LogP) is 4.38. The fourth-order valence-corrected chi connectivity index (χ4v) is 3.44. The first-order valence-electron chi connectivity index (χ1n) is 10.3. The maximum Gasteiger partial charge on any atom is 0.418 e. The molecule has 0 saturated heterocycles. The molecule has 0 spiro atoms. The number of methoxy groups -OCH3 is 3. The first kappa shape index (κ1) is 24.8. The highest BCUT2D eigenvalue weighted by Crippen LogP contribution is 2.41. The van der Waals surface area contributed by atoms with Crippen LogP contribution in [0, 0.1) is 0 Å². The summed E-state index contributed by atoms with van der Waals surface area (Å²) in [5.74, 6) is -1.81. The normalized spacial score (nSPS) is 10.1. The van der Waals surface area contributed by atoms with Gasteiger partial charge in [0.15, 0.2) is 0 Å². The summed E-state index contributed by atoms with van der Waals surface area (Å²) in [6, 6.07) is 19.3. The number of carbonyl (C=O) groups is 4. The van der Waals surface area contributed by atoms with Gasteiger partial charge in [-0.05, 0) is 36.4 Å². The summed E-state index contributed by atoms with van der Waals surface area (Å²) >= 11 is 0. The molecule has 3 amide bonds. The van der Waals surface area contributed by atoms with Crippen LogP contribution in [0.5, 0.6) is 0 Å². The van der Waals surface area contributed by atoms with Crippen LogP contribution in [0.2, 0.25) is 0 Å². The molecule has 10 heteroatoms. The Bertz CT molecular complexity index is 1250. The quantitative estimate of drug-likeness (QED) is 0.412. The van der Waals surface area contributed by atoms with Crippen molar-refractivity contribution in [2.24, 2.45) is 5.73 Å². The van der Waals surface area contributed by atoms with Gasteiger partial charge < -0.3 is 19.9 Å². The van der Waals surface area contributed by atoms with E-state index >= 15 is 0 Å². The van der Waals surface area contributed by atoms with Crippen LogP contribution < -0.4 is 15.5 Å². The molecular formula is C25H23N3O7. The second-order valence-corrected chi connectivity index (χ2v) is 7.02. The van der Waals surface area contributed by atoms with Gasteiger partial charge in [0.05, 0.1) is 55.2 Å². The third kappa shape index (κ3) is 5.06. The maximum absolute atomic E-state index is 13.0. The minimum atomic E-state index is -0.944. The monoisotopic (exact) mass is 477 g/mol. The molecule has 0 unspecified atom stereocenters. The molecule has 0 atom stereocenters. The van der Waals surface area contributed by atoms with Gasteiger partial charge in [0.25, 0.3) is 0 Å². The molecule has 180 valence electrons. The summed E-state index contributed by atoms with van der Waals surface area (Å²) in [6.07, 6.45) is -1.64. The summed E-state index contributed by atoms with van der Waals surface area (Å²) in [5.41, 5.74) is 5.91. The molecule has 0 bridgehead atoms. The average molecular weight is 477 g/mol. The number of nitrogens with zero attached hydrogens (tertiary/aromatic N) is 2. The zero-order valence-electron chi connectivity index (χ0n) is 19.3. The number of primary amides is 1. The lowest BCUT2D eigenvalue weighted by molar-refractivity contribution is 0.0597. The van der Waals surface area contributed by atoms with E-state index in [9.17, 15) is 19.2 Å². The van der Waals surface area contributed by atoms with Crippen LogP contribution in [0.15, 0.2) is 72.8 Å². The van der Waals surface area contributed by atoms with Crippen LogP contribution in [0.4, 0.5) is 32.3 Å². The molecule has 0 aromatic heterocycles.